The molecule has 24 heavy (non-hydrogen) atoms. The maximum Gasteiger partial charge on any atom is 0.353 e. The number of hydrogen-bond acceptors (Lipinski definition) is 3. The predicted octanol–water partition coefficient (Wildman–Crippen LogP) is 3.06. The van der Waals surface area contributed by atoms with Crippen LogP contribution in [0.25, 0.3) is 11.1 Å². The summed E-state index contributed by atoms with van der Waals surface area (Å²) in [6, 6.07) is 8.70. The normalized spacial score (nSPS) is 11.1. The minimum atomic E-state index is -1.16. The molecule has 1 aromatic carbocycles. The SMILES string of the molecule is COCC=CCn1c(C)c(C(=O)O)c(-c2ccccc2)c1C(=O)O. The fourth-order valence-corrected chi connectivity index (χ4v) is 2.68. The van der Waals surface area contributed by atoms with Gasteiger partial charge in [-0.2, -0.15) is 0 Å². The number of benzene rings is 1. The number of aromatic nitrogens is 1. The molecule has 0 aliphatic carbocycles. The molecule has 126 valence electrons. The van der Waals surface area contributed by atoms with E-state index in [1.54, 1.807) is 56.5 Å². The number of hydrogen-bond donors (Lipinski definition) is 2. The number of allylic oxidation sites excluding steroid dienone is 1. The van der Waals surface area contributed by atoms with E-state index in [1.807, 2.05) is 0 Å². The number of carboxylic acids is 2. The number of nitrogens with zero attached hydrogens (tertiary/aromatic N) is 1. The van der Waals surface area contributed by atoms with Crippen molar-refractivity contribution in [3.8, 4) is 11.1 Å². The highest BCUT2D eigenvalue weighted by Crippen LogP contribution is 2.33. The van der Waals surface area contributed by atoms with Gasteiger partial charge in [0.25, 0.3) is 0 Å². The second-order valence-corrected chi connectivity index (χ2v) is 5.20. The van der Waals surface area contributed by atoms with Crippen molar-refractivity contribution >= 4 is 11.9 Å². The Morgan fingerprint density at radius 1 is 1.12 bits per heavy atom. The first-order valence-corrected chi connectivity index (χ1v) is 7.38. The minimum absolute atomic E-state index is 0.0127. The Morgan fingerprint density at radius 2 is 1.79 bits per heavy atom. The molecule has 0 radical (unpaired) electrons. The zero-order chi connectivity index (χ0) is 17.7. The Kier molecular flexibility index (Phi) is 5.55. The van der Waals surface area contributed by atoms with Crippen LogP contribution in [0.4, 0.5) is 0 Å². The number of carboxylic acid groups (broad SMARTS) is 2. The van der Waals surface area contributed by atoms with Gasteiger partial charge in [-0.15, -0.1) is 0 Å². The van der Waals surface area contributed by atoms with E-state index in [4.69, 9.17) is 4.74 Å². The highest BCUT2D eigenvalue weighted by molar-refractivity contribution is 6.05. The zero-order valence-electron chi connectivity index (χ0n) is 13.5. The summed E-state index contributed by atoms with van der Waals surface area (Å²) in [6.45, 7) is 2.27. The van der Waals surface area contributed by atoms with E-state index in [-0.39, 0.29) is 23.4 Å². The summed E-state index contributed by atoms with van der Waals surface area (Å²) >= 11 is 0. The van der Waals surface area contributed by atoms with E-state index in [1.165, 1.54) is 4.57 Å². The molecule has 0 atom stereocenters. The largest absolute Gasteiger partial charge is 0.478 e. The lowest BCUT2D eigenvalue weighted by atomic mass is 10.0. The molecule has 2 aromatic rings. The molecule has 6 heteroatoms. The molecule has 1 aromatic heterocycles. The average molecular weight is 329 g/mol. The number of methoxy groups -OCH3 is 1. The first kappa shape index (κ1) is 17.5. The third-order valence-electron chi connectivity index (χ3n) is 3.72. The molecule has 0 spiro atoms. The van der Waals surface area contributed by atoms with E-state index in [9.17, 15) is 19.8 Å². The summed E-state index contributed by atoms with van der Waals surface area (Å²) in [6.07, 6.45) is 3.51. The second-order valence-electron chi connectivity index (χ2n) is 5.20. The molecule has 0 saturated carbocycles. The van der Waals surface area contributed by atoms with Crippen LogP contribution < -0.4 is 0 Å². The molecule has 0 fully saturated rings. The molecule has 6 nitrogen and oxygen atoms in total. The molecular formula is C18H19NO5. The Labute approximate surface area is 139 Å². The van der Waals surface area contributed by atoms with Gasteiger partial charge in [0.2, 0.25) is 0 Å². The lowest BCUT2D eigenvalue weighted by molar-refractivity contribution is 0.0682. The van der Waals surface area contributed by atoms with Gasteiger partial charge in [0, 0.05) is 24.9 Å². The first-order chi connectivity index (χ1) is 11.5. The maximum atomic E-state index is 11.8. The van der Waals surface area contributed by atoms with Crippen LogP contribution in [0.15, 0.2) is 42.5 Å². The Hall–Kier alpha value is -2.86. The summed E-state index contributed by atoms with van der Waals surface area (Å²) in [5.74, 6) is -2.31. The van der Waals surface area contributed by atoms with Gasteiger partial charge in [-0.3, -0.25) is 0 Å². The van der Waals surface area contributed by atoms with Gasteiger partial charge >= 0.3 is 11.9 Å². The molecule has 0 aliphatic heterocycles. The molecule has 0 amide bonds. The smallest absolute Gasteiger partial charge is 0.353 e. The Bertz CT molecular complexity index is 774. The first-order valence-electron chi connectivity index (χ1n) is 7.38. The fraction of sp³-hybridized carbons (Fsp3) is 0.222. The van der Waals surface area contributed by atoms with Gasteiger partial charge in [-0.25, -0.2) is 9.59 Å². The van der Waals surface area contributed by atoms with Gasteiger partial charge in [0.05, 0.1) is 12.2 Å². The highest BCUT2D eigenvalue weighted by atomic mass is 16.5. The molecule has 0 saturated heterocycles. The van der Waals surface area contributed by atoms with Crippen molar-refractivity contribution in [3.05, 3.63) is 59.4 Å². The van der Waals surface area contributed by atoms with Gasteiger partial charge in [0.15, 0.2) is 0 Å². The van der Waals surface area contributed by atoms with Gasteiger partial charge in [0.1, 0.15) is 5.69 Å². The summed E-state index contributed by atoms with van der Waals surface area (Å²) in [4.78, 5) is 23.6. The molecule has 1 heterocycles. The van der Waals surface area contributed by atoms with E-state index in [0.717, 1.165) is 0 Å². The van der Waals surface area contributed by atoms with Crippen LogP contribution in [0, 0.1) is 6.92 Å². The predicted molar refractivity (Wildman–Crippen MR) is 89.5 cm³/mol. The van der Waals surface area contributed by atoms with Crippen molar-refractivity contribution in [2.45, 2.75) is 13.5 Å². The number of rotatable bonds is 7. The minimum Gasteiger partial charge on any atom is -0.478 e. The topological polar surface area (TPSA) is 88.8 Å². The molecule has 2 N–H and O–H groups in total. The van der Waals surface area contributed by atoms with Crippen LogP contribution in [0.2, 0.25) is 0 Å². The lowest BCUT2D eigenvalue weighted by Gasteiger charge is -2.07. The van der Waals surface area contributed by atoms with E-state index in [0.29, 0.717) is 17.9 Å². The van der Waals surface area contributed by atoms with Gasteiger partial charge in [-0.1, -0.05) is 42.5 Å². The van der Waals surface area contributed by atoms with Crippen LogP contribution in [0.1, 0.15) is 26.5 Å². The van der Waals surface area contributed by atoms with E-state index < -0.39 is 11.9 Å². The molecule has 0 bridgehead atoms. The third kappa shape index (κ3) is 3.38. The van der Waals surface area contributed by atoms with Crippen molar-refractivity contribution in [3.63, 3.8) is 0 Å². The van der Waals surface area contributed by atoms with Crippen LogP contribution in [-0.4, -0.2) is 40.4 Å². The Morgan fingerprint density at radius 3 is 2.33 bits per heavy atom. The third-order valence-corrected chi connectivity index (χ3v) is 3.72. The maximum absolute atomic E-state index is 11.8. The second kappa shape index (κ2) is 7.61. The number of carbonyl (C=O) groups is 2. The van der Waals surface area contributed by atoms with Crippen LogP contribution >= 0.6 is 0 Å². The summed E-state index contributed by atoms with van der Waals surface area (Å²) in [5.41, 5.74) is 1.18. The van der Waals surface area contributed by atoms with Gasteiger partial charge in [-0.05, 0) is 12.5 Å². The summed E-state index contributed by atoms with van der Waals surface area (Å²) < 4.78 is 6.42. The summed E-state index contributed by atoms with van der Waals surface area (Å²) in [7, 11) is 1.56. The number of ether oxygens (including phenoxy) is 1. The van der Waals surface area contributed by atoms with E-state index >= 15 is 0 Å². The monoisotopic (exact) mass is 329 g/mol. The Balaban J connectivity index is 2.68. The molecule has 0 unspecified atom stereocenters. The zero-order valence-corrected chi connectivity index (χ0v) is 13.5. The van der Waals surface area contributed by atoms with Crippen molar-refractivity contribution < 1.29 is 24.5 Å². The quantitative estimate of drug-likeness (QED) is 0.762. The van der Waals surface area contributed by atoms with Crippen LogP contribution in [0.5, 0.6) is 0 Å². The molecule has 0 aliphatic rings. The number of aromatic carboxylic acids is 2. The fourth-order valence-electron chi connectivity index (χ4n) is 2.68. The van der Waals surface area contributed by atoms with Crippen molar-refractivity contribution in [1.82, 2.24) is 4.57 Å². The molecule has 2 rings (SSSR count). The van der Waals surface area contributed by atoms with Crippen LogP contribution in [0.3, 0.4) is 0 Å². The lowest BCUT2D eigenvalue weighted by Crippen LogP contribution is -2.10. The van der Waals surface area contributed by atoms with Crippen molar-refractivity contribution in [2.75, 3.05) is 13.7 Å². The average Bonchev–Trinajstić information content (AvgIpc) is 2.85. The van der Waals surface area contributed by atoms with Crippen molar-refractivity contribution in [2.24, 2.45) is 0 Å². The van der Waals surface area contributed by atoms with E-state index in [2.05, 4.69) is 0 Å². The standard InChI is InChI=1S/C18H19NO5/c1-12-14(17(20)21)15(13-8-4-3-5-9-13)16(18(22)23)19(12)10-6-7-11-24-2/h3-9H,10-11H2,1-2H3,(H,20,21)(H,22,23). The van der Waals surface area contributed by atoms with Crippen molar-refractivity contribution in [1.29, 1.82) is 0 Å². The van der Waals surface area contributed by atoms with Crippen LogP contribution in [-0.2, 0) is 11.3 Å². The van der Waals surface area contributed by atoms with Gasteiger partial charge < -0.3 is 19.5 Å². The summed E-state index contributed by atoms with van der Waals surface area (Å²) in [5, 5.41) is 19.3. The molecular weight excluding hydrogens is 310 g/mol. The highest BCUT2D eigenvalue weighted by Gasteiger charge is 2.28.